The zero-order valence-electron chi connectivity index (χ0n) is 10.9. The number of rotatable bonds is 4. The molecule has 0 aliphatic carbocycles. The van der Waals surface area contributed by atoms with Crippen molar-refractivity contribution >= 4 is 38.3 Å². The van der Waals surface area contributed by atoms with Gasteiger partial charge >= 0.3 is 5.69 Å². The highest BCUT2D eigenvalue weighted by atomic mass is 79.9. The second kappa shape index (κ2) is 5.29. The van der Waals surface area contributed by atoms with Crippen molar-refractivity contribution in [3.8, 4) is 0 Å². The number of pyridine rings is 2. The van der Waals surface area contributed by atoms with E-state index in [1.165, 1.54) is 6.20 Å². The summed E-state index contributed by atoms with van der Waals surface area (Å²) >= 11 is 3.28. The second-order valence-corrected chi connectivity index (χ2v) is 5.88. The van der Waals surface area contributed by atoms with E-state index >= 15 is 0 Å². The minimum absolute atomic E-state index is 0.157. The topological polar surface area (TPSA) is 101 Å². The van der Waals surface area contributed by atoms with Crippen molar-refractivity contribution in [1.82, 2.24) is 9.97 Å². The van der Waals surface area contributed by atoms with Crippen LogP contribution in [0.5, 0.6) is 0 Å². The van der Waals surface area contributed by atoms with Gasteiger partial charge in [0, 0.05) is 17.2 Å². The fraction of sp³-hybridized carbons (Fsp3) is 0.333. The van der Waals surface area contributed by atoms with Crippen LogP contribution in [-0.2, 0) is 0 Å². The second-order valence-electron chi connectivity index (χ2n) is 4.96. The fourth-order valence-electron chi connectivity index (χ4n) is 1.65. The fourth-order valence-corrected chi connectivity index (χ4v) is 1.97. The molecule has 0 fully saturated rings. The summed E-state index contributed by atoms with van der Waals surface area (Å²) in [5, 5.41) is 23.7. The zero-order chi connectivity index (χ0) is 14.9. The van der Waals surface area contributed by atoms with Gasteiger partial charge < -0.3 is 10.4 Å². The zero-order valence-corrected chi connectivity index (χ0v) is 12.5. The van der Waals surface area contributed by atoms with Gasteiger partial charge in [-0.1, -0.05) is 0 Å². The van der Waals surface area contributed by atoms with Crippen LogP contribution in [0.2, 0.25) is 0 Å². The summed E-state index contributed by atoms with van der Waals surface area (Å²) in [7, 11) is 0. The van der Waals surface area contributed by atoms with E-state index in [0.717, 1.165) is 4.47 Å². The minimum atomic E-state index is -1.00. The maximum atomic E-state index is 11.1. The molecule has 0 saturated carbocycles. The maximum absolute atomic E-state index is 11.1. The van der Waals surface area contributed by atoms with E-state index in [0.29, 0.717) is 11.0 Å². The van der Waals surface area contributed by atoms with Crippen molar-refractivity contribution in [3.05, 3.63) is 33.0 Å². The van der Waals surface area contributed by atoms with Gasteiger partial charge in [0.05, 0.1) is 16.0 Å². The molecule has 0 radical (unpaired) electrons. The first-order chi connectivity index (χ1) is 9.28. The summed E-state index contributed by atoms with van der Waals surface area (Å²) in [4.78, 5) is 18.8. The van der Waals surface area contributed by atoms with Crippen LogP contribution in [0.15, 0.2) is 22.9 Å². The Bertz CT molecular complexity index is 670. The number of halogens is 1. The molecule has 0 spiro atoms. The molecule has 2 aromatic heterocycles. The molecule has 2 N–H and O–H groups in total. The summed E-state index contributed by atoms with van der Waals surface area (Å²) in [6.07, 6.45) is 2.73. The van der Waals surface area contributed by atoms with Gasteiger partial charge in [0.2, 0.25) is 0 Å². The lowest BCUT2D eigenvalue weighted by atomic mass is 10.1. The molecular formula is C12H13BrN4O3. The Labute approximate surface area is 123 Å². The summed E-state index contributed by atoms with van der Waals surface area (Å²) in [6, 6.07) is 1.72. The van der Waals surface area contributed by atoms with Gasteiger partial charge in [0.15, 0.2) is 0 Å². The minimum Gasteiger partial charge on any atom is -0.389 e. The van der Waals surface area contributed by atoms with Gasteiger partial charge in [-0.25, -0.2) is 4.98 Å². The first-order valence-corrected chi connectivity index (χ1v) is 6.62. The van der Waals surface area contributed by atoms with Crippen LogP contribution in [0, 0.1) is 10.1 Å². The normalized spacial score (nSPS) is 11.6. The standard InChI is InChI=1S/C12H13BrN4O3/c1-12(2,18)6-16-11-9(17(19)20)5-14-8-3-7(13)4-15-10(8)11/h3-5,18H,6H2,1-2H3,(H,14,16). The van der Waals surface area contributed by atoms with Crippen molar-refractivity contribution in [2.75, 3.05) is 11.9 Å². The molecule has 2 aromatic rings. The lowest BCUT2D eigenvalue weighted by molar-refractivity contribution is -0.384. The average molecular weight is 341 g/mol. The summed E-state index contributed by atoms with van der Waals surface area (Å²) in [5.74, 6) is 0. The molecule has 0 aliphatic rings. The maximum Gasteiger partial charge on any atom is 0.312 e. The smallest absolute Gasteiger partial charge is 0.312 e. The molecule has 2 heterocycles. The van der Waals surface area contributed by atoms with Crippen molar-refractivity contribution in [2.24, 2.45) is 0 Å². The van der Waals surface area contributed by atoms with E-state index in [2.05, 4.69) is 31.2 Å². The Kier molecular flexibility index (Phi) is 3.87. The largest absolute Gasteiger partial charge is 0.389 e. The van der Waals surface area contributed by atoms with Crippen molar-refractivity contribution in [3.63, 3.8) is 0 Å². The average Bonchev–Trinajstić information content (AvgIpc) is 2.34. The Morgan fingerprint density at radius 1 is 1.45 bits per heavy atom. The van der Waals surface area contributed by atoms with Crippen LogP contribution >= 0.6 is 15.9 Å². The predicted octanol–water partition coefficient (Wildman–Crippen LogP) is 2.48. The molecule has 2 rings (SSSR count). The summed E-state index contributed by atoms with van der Waals surface area (Å²) in [6.45, 7) is 3.38. The molecular weight excluding hydrogens is 328 g/mol. The SMILES string of the molecule is CC(C)(O)CNc1c([N+](=O)[O-])cnc2cc(Br)cnc12. The van der Waals surface area contributed by atoms with E-state index in [1.807, 2.05) is 0 Å². The number of hydrogen-bond acceptors (Lipinski definition) is 6. The molecule has 20 heavy (non-hydrogen) atoms. The third-order valence-electron chi connectivity index (χ3n) is 2.55. The molecule has 0 aliphatic heterocycles. The van der Waals surface area contributed by atoms with Gasteiger partial charge in [-0.3, -0.25) is 15.1 Å². The van der Waals surface area contributed by atoms with E-state index in [1.54, 1.807) is 26.1 Å². The molecule has 0 amide bonds. The molecule has 0 saturated heterocycles. The first kappa shape index (κ1) is 14.6. The van der Waals surface area contributed by atoms with Crippen molar-refractivity contribution < 1.29 is 10.0 Å². The van der Waals surface area contributed by atoms with Crippen molar-refractivity contribution in [1.29, 1.82) is 0 Å². The third-order valence-corrected chi connectivity index (χ3v) is 2.98. The summed E-state index contributed by atoms with van der Waals surface area (Å²) < 4.78 is 0.736. The number of aliphatic hydroxyl groups is 1. The van der Waals surface area contributed by atoms with Crippen LogP contribution in [-0.4, -0.2) is 32.1 Å². The van der Waals surface area contributed by atoms with E-state index in [9.17, 15) is 15.2 Å². The molecule has 0 unspecified atom stereocenters. The number of nitro groups is 1. The lowest BCUT2D eigenvalue weighted by Gasteiger charge is -2.18. The Hall–Kier alpha value is -1.80. The molecule has 0 bridgehead atoms. The monoisotopic (exact) mass is 340 g/mol. The quantitative estimate of drug-likeness (QED) is 0.654. The number of aromatic nitrogens is 2. The van der Waals surface area contributed by atoms with Gasteiger partial charge in [0.1, 0.15) is 17.4 Å². The van der Waals surface area contributed by atoms with Crippen LogP contribution in [0.3, 0.4) is 0 Å². The van der Waals surface area contributed by atoms with E-state index in [4.69, 9.17) is 0 Å². The number of nitrogens with zero attached hydrogens (tertiary/aromatic N) is 3. The van der Waals surface area contributed by atoms with Crippen LogP contribution < -0.4 is 5.32 Å². The Morgan fingerprint density at radius 2 is 2.15 bits per heavy atom. The van der Waals surface area contributed by atoms with Crippen LogP contribution in [0.25, 0.3) is 11.0 Å². The highest BCUT2D eigenvalue weighted by molar-refractivity contribution is 9.10. The van der Waals surface area contributed by atoms with Gasteiger partial charge in [-0.05, 0) is 35.8 Å². The predicted molar refractivity (Wildman–Crippen MR) is 78.7 cm³/mol. The van der Waals surface area contributed by atoms with Gasteiger partial charge in [0.25, 0.3) is 0 Å². The molecule has 106 valence electrons. The van der Waals surface area contributed by atoms with Gasteiger partial charge in [-0.15, -0.1) is 0 Å². The van der Waals surface area contributed by atoms with E-state index in [-0.39, 0.29) is 17.9 Å². The van der Waals surface area contributed by atoms with Crippen LogP contribution in [0.4, 0.5) is 11.4 Å². The van der Waals surface area contributed by atoms with Gasteiger partial charge in [-0.2, -0.15) is 0 Å². The molecule has 8 heteroatoms. The van der Waals surface area contributed by atoms with Crippen LogP contribution in [0.1, 0.15) is 13.8 Å². The highest BCUT2D eigenvalue weighted by Crippen LogP contribution is 2.31. The molecule has 0 atom stereocenters. The molecule has 7 nitrogen and oxygen atoms in total. The number of hydrogen-bond donors (Lipinski definition) is 2. The highest BCUT2D eigenvalue weighted by Gasteiger charge is 2.21. The Balaban J connectivity index is 2.56. The lowest BCUT2D eigenvalue weighted by Crippen LogP contribution is -2.29. The van der Waals surface area contributed by atoms with Crippen molar-refractivity contribution in [2.45, 2.75) is 19.4 Å². The number of fused-ring (bicyclic) bond motifs is 1. The number of nitrogens with one attached hydrogen (secondary N) is 1. The third kappa shape index (κ3) is 3.20. The summed E-state index contributed by atoms with van der Waals surface area (Å²) in [5.41, 5.74) is 0.0137. The number of anilines is 1. The van der Waals surface area contributed by atoms with E-state index < -0.39 is 10.5 Å². The first-order valence-electron chi connectivity index (χ1n) is 5.83. The Morgan fingerprint density at radius 3 is 2.75 bits per heavy atom. The molecule has 0 aromatic carbocycles.